The molecule has 8 heteroatoms. The number of nitrogens with zero attached hydrogens (tertiary/aromatic N) is 2. The number of aryl methyl sites for hydroxylation is 1. The summed E-state index contributed by atoms with van der Waals surface area (Å²) in [5, 5.41) is 16.7. The van der Waals surface area contributed by atoms with Gasteiger partial charge in [0.1, 0.15) is 0 Å². The highest BCUT2D eigenvalue weighted by Gasteiger charge is 2.40. The first-order chi connectivity index (χ1) is 11.9. The maximum atomic E-state index is 12.6. The largest absolute Gasteiger partial charge is 0.393 e. The van der Waals surface area contributed by atoms with Gasteiger partial charge in [-0.1, -0.05) is 0 Å². The number of aliphatic hydroxyl groups is 1. The Morgan fingerprint density at radius 1 is 1.36 bits per heavy atom. The highest BCUT2D eigenvalue weighted by molar-refractivity contribution is 6.30. The van der Waals surface area contributed by atoms with Gasteiger partial charge in [0.2, 0.25) is 0 Å². The lowest BCUT2D eigenvalue weighted by molar-refractivity contribution is 0.0338. The van der Waals surface area contributed by atoms with Gasteiger partial charge >= 0.3 is 0 Å². The molecule has 2 heterocycles. The van der Waals surface area contributed by atoms with Gasteiger partial charge < -0.3 is 15.7 Å². The van der Waals surface area contributed by atoms with Crippen LogP contribution in [0.15, 0.2) is 6.20 Å². The summed E-state index contributed by atoms with van der Waals surface area (Å²) in [4.78, 5) is 14.4. The van der Waals surface area contributed by atoms with E-state index < -0.39 is 6.10 Å². The van der Waals surface area contributed by atoms with Crippen LogP contribution in [0.3, 0.4) is 0 Å². The van der Waals surface area contributed by atoms with Gasteiger partial charge in [0.05, 0.1) is 28.6 Å². The third-order valence-electron chi connectivity index (χ3n) is 5.78. The van der Waals surface area contributed by atoms with Gasteiger partial charge in [-0.2, -0.15) is 5.10 Å². The molecule has 0 spiro atoms. The summed E-state index contributed by atoms with van der Waals surface area (Å²) >= 11 is 12.4. The summed E-state index contributed by atoms with van der Waals surface area (Å²) in [5.74, 6) is 0.271. The minimum Gasteiger partial charge on any atom is -0.393 e. The van der Waals surface area contributed by atoms with Crippen LogP contribution in [0.25, 0.3) is 0 Å². The summed E-state index contributed by atoms with van der Waals surface area (Å²) in [7, 11) is 0. The van der Waals surface area contributed by atoms with E-state index in [2.05, 4.69) is 10.2 Å². The first kappa shape index (κ1) is 19.0. The summed E-state index contributed by atoms with van der Waals surface area (Å²) in [6.07, 6.45) is 3.89. The number of aromatic amines is 1. The zero-order chi connectivity index (χ0) is 18.1. The van der Waals surface area contributed by atoms with E-state index in [1.165, 1.54) is 0 Å². The molecule has 3 rings (SSSR count). The molecule has 0 radical (unpaired) electrons. The Labute approximate surface area is 158 Å². The average molecular weight is 389 g/mol. The van der Waals surface area contributed by atoms with Crippen molar-refractivity contribution in [3.05, 3.63) is 17.5 Å². The predicted octanol–water partition coefficient (Wildman–Crippen LogP) is 1.88. The molecule has 1 amide bonds. The Bertz CT molecular complexity index is 603. The molecule has 140 valence electrons. The Morgan fingerprint density at radius 3 is 2.60 bits per heavy atom. The van der Waals surface area contributed by atoms with Crippen LogP contribution in [0, 0.1) is 18.8 Å². The number of nitrogens with one attached hydrogen (secondary N) is 1. The molecular formula is C17H26Cl2N4O2. The maximum Gasteiger partial charge on any atom is 0.257 e. The molecule has 1 saturated heterocycles. The highest BCUT2D eigenvalue weighted by atomic mass is 35.5. The molecule has 25 heavy (non-hydrogen) atoms. The minimum absolute atomic E-state index is 0.0155. The number of piperidine rings is 1. The van der Waals surface area contributed by atoms with Gasteiger partial charge in [-0.15, -0.1) is 23.2 Å². The molecule has 0 aromatic carbocycles. The first-order valence-electron chi connectivity index (χ1n) is 8.89. The molecule has 4 N–H and O–H groups in total. The van der Waals surface area contributed by atoms with Crippen LogP contribution in [0.1, 0.15) is 41.7 Å². The van der Waals surface area contributed by atoms with E-state index in [0.717, 1.165) is 18.5 Å². The second-order valence-corrected chi connectivity index (χ2v) is 8.47. The molecule has 5 atom stereocenters. The Hall–Kier alpha value is -0.820. The number of halogens is 2. The Balaban J connectivity index is 1.57. The van der Waals surface area contributed by atoms with Crippen molar-refractivity contribution in [2.45, 2.75) is 55.5 Å². The van der Waals surface area contributed by atoms with Crippen LogP contribution in [-0.2, 0) is 0 Å². The number of carbonyl (C=O) groups is 1. The van der Waals surface area contributed by atoms with Gasteiger partial charge in [0.15, 0.2) is 0 Å². The summed E-state index contributed by atoms with van der Waals surface area (Å²) < 4.78 is 0. The van der Waals surface area contributed by atoms with Crippen molar-refractivity contribution in [2.75, 3.05) is 13.1 Å². The molecule has 2 fully saturated rings. The molecule has 6 nitrogen and oxygen atoms in total. The third-order valence-corrected chi connectivity index (χ3v) is 6.87. The van der Waals surface area contributed by atoms with Crippen LogP contribution < -0.4 is 5.73 Å². The number of aromatic nitrogens is 2. The van der Waals surface area contributed by atoms with Gasteiger partial charge in [0.25, 0.3) is 5.91 Å². The van der Waals surface area contributed by atoms with Gasteiger partial charge in [-0.3, -0.25) is 9.89 Å². The topological polar surface area (TPSA) is 95.2 Å². The number of hydrogen-bond acceptors (Lipinski definition) is 4. The minimum atomic E-state index is -0.499. The first-order valence-corrected chi connectivity index (χ1v) is 9.76. The van der Waals surface area contributed by atoms with Crippen molar-refractivity contribution in [1.29, 1.82) is 0 Å². The third kappa shape index (κ3) is 3.97. The van der Waals surface area contributed by atoms with Crippen molar-refractivity contribution in [1.82, 2.24) is 15.1 Å². The van der Waals surface area contributed by atoms with E-state index in [0.29, 0.717) is 31.5 Å². The fraction of sp³-hybridized carbons (Fsp3) is 0.765. The monoisotopic (exact) mass is 388 g/mol. The number of rotatable bonds is 3. The van der Waals surface area contributed by atoms with Gasteiger partial charge in [0, 0.05) is 30.7 Å². The molecule has 1 aromatic rings. The second kappa shape index (κ2) is 7.82. The summed E-state index contributed by atoms with van der Waals surface area (Å²) in [6, 6.07) is -0.117. The predicted molar refractivity (Wildman–Crippen MR) is 97.9 cm³/mol. The van der Waals surface area contributed by atoms with Crippen molar-refractivity contribution >= 4 is 29.1 Å². The van der Waals surface area contributed by atoms with E-state index in [9.17, 15) is 9.90 Å². The Kier molecular flexibility index (Phi) is 5.93. The van der Waals surface area contributed by atoms with Crippen LogP contribution >= 0.6 is 23.2 Å². The Morgan fingerprint density at radius 2 is 2.00 bits per heavy atom. The summed E-state index contributed by atoms with van der Waals surface area (Å²) in [5.41, 5.74) is 7.90. The van der Waals surface area contributed by atoms with Crippen LogP contribution in [-0.4, -0.2) is 62.1 Å². The van der Waals surface area contributed by atoms with E-state index in [1.807, 2.05) is 11.8 Å². The SMILES string of the molecule is Cc1[nH]ncc1C(=O)N1CCC([C@@H](N)C2CC(Cl)C(Cl)CC2O)CC1. The number of likely N-dealkylation sites (tertiary alicyclic amines) is 1. The standard InChI is InChI=1S/C17H26Cl2N4O2/c1-9-12(8-21-22-9)17(25)23-4-2-10(3-5-23)16(20)11-6-13(18)14(19)7-15(11)24/h8,10-11,13-16,24H,2-7,20H2,1H3,(H,21,22)/t11?,13?,14?,15?,16-/m1/s1. The molecule has 0 bridgehead atoms. The van der Waals surface area contributed by atoms with Crippen molar-refractivity contribution < 1.29 is 9.90 Å². The van der Waals surface area contributed by atoms with E-state index in [4.69, 9.17) is 28.9 Å². The average Bonchev–Trinajstić information content (AvgIpc) is 3.03. The van der Waals surface area contributed by atoms with Crippen LogP contribution in [0.4, 0.5) is 0 Å². The lowest BCUT2D eigenvalue weighted by Crippen LogP contribution is -2.51. The fourth-order valence-electron chi connectivity index (χ4n) is 4.11. The number of hydrogen-bond donors (Lipinski definition) is 3. The molecule has 1 aliphatic heterocycles. The highest BCUT2D eigenvalue weighted by Crippen LogP contribution is 2.37. The van der Waals surface area contributed by atoms with E-state index in [-0.39, 0.29) is 34.5 Å². The zero-order valence-electron chi connectivity index (χ0n) is 14.4. The summed E-state index contributed by atoms with van der Waals surface area (Å²) in [6.45, 7) is 3.19. The quantitative estimate of drug-likeness (QED) is 0.688. The number of alkyl halides is 2. The zero-order valence-corrected chi connectivity index (χ0v) is 15.9. The number of nitrogens with two attached hydrogens (primary N) is 1. The normalized spacial score (nSPS) is 32.6. The number of amides is 1. The van der Waals surface area contributed by atoms with Crippen molar-refractivity contribution in [3.63, 3.8) is 0 Å². The smallest absolute Gasteiger partial charge is 0.257 e. The molecule has 1 aromatic heterocycles. The van der Waals surface area contributed by atoms with Crippen molar-refractivity contribution in [3.8, 4) is 0 Å². The molecule has 1 aliphatic carbocycles. The fourth-order valence-corrected chi connectivity index (χ4v) is 4.70. The molecular weight excluding hydrogens is 363 g/mol. The van der Waals surface area contributed by atoms with Gasteiger partial charge in [-0.25, -0.2) is 0 Å². The molecule has 4 unspecified atom stereocenters. The molecule has 2 aliphatic rings. The lowest BCUT2D eigenvalue weighted by Gasteiger charge is -2.42. The number of H-pyrrole nitrogens is 1. The second-order valence-electron chi connectivity index (χ2n) is 7.35. The van der Waals surface area contributed by atoms with E-state index in [1.54, 1.807) is 6.20 Å². The van der Waals surface area contributed by atoms with Crippen LogP contribution in [0.2, 0.25) is 0 Å². The van der Waals surface area contributed by atoms with E-state index >= 15 is 0 Å². The number of aliphatic hydroxyl groups excluding tert-OH is 1. The molecule has 1 saturated carbocycles. The lowest BCUT2D eigenvalue weighted by atomic mass is 9.74. The maximum absolute atomic E-state index is 12.6. The van der Waals surface area contributed by atoms with Crippen molar-refractivity contribution in [2.24, 2.45) is 17.6 Å². The number of carbonyl (C=O) groups excluding carboxylic acids is 1. The van der Waals surface area contributed by atoms with Gasteiger partial charge in [-0.05, 0) is 38.5 Å². The van der Waals surface area contributed by atoms with Crippen LogP contribution in [0.5, 0.6) is 0 Å².